The summed E-state index contributed by atoms with van der Waals surface area (Å²) in [5.41, 5.74) is 1.18. The molecule has 1 saturated heterocycles. The summed E-state index contributed by atoms with van der Waals surface area (Å²) in [4.78, 5) is 2.50. The molecule has 0 spiro atoms. The topological polar surface area (TPSA) is 15.3 Å². The summed E-state index contributed by atoms with van der Waals surface area (Å²) in [6.45, 7) is 7.65. The zero-order valence-electron chi connectivity index (χ0n) is 12.2. The van der Waals surface area contributed by atoms with E-state index in [0.717, 1.165) is 45.1 Å². The lowest BCUT2D eigenvalue weighted by atomic mass is 9.98. The van der Waals surface area contributed by atoms with Gasteiger partial charge >= 0.3 is 0 Å². The molecule has 1 atom stereocenters. The average molecular weight is 343 g/mol. The molecule has 0 saturated carbocycles. The van der Waals surface area contributed by atoms with E-state index in [0.29, 0.717) is 4.47 Å². The quantitative estimate of drug-likeness (QED) is 0.845. The highest BCUT2D eigenvalue weighted by atomic mass is 79.9. The van der Waals surface area contributed by atoms with Gasteiger partial charge in [0, 0.05) is 13.1 Å². The first kappa shape index (κ1) is 15.9. The largest absolute Gasteiger partial charge is 0.316 e. The van der Waals surface area contributed by atoms with Crippen molar-refractivity contribution in [3.05, 3.63) is 34.1 Å². The van der Waals surface area contributed by atoms with E-state index in [4.69, 9.17) is 0 Å². The molecule has 2 rings (SSSR count). The summed E-state index contributed by atoms with van der Waals surface area (Å²) in [5, 5.41) is 3.48. The summed E-state index contributed by atoms with van der Waals surface area (Å²) >= 11 is 3.27. The van der Waals surface area contributed by atoms with Crippen molar-refractivity contribution in [2.75, 3.05) is 26.2 Å². The maximum absolute atomic E-state index is 13.3. The zero-order chi connectivity index (χ0) is 14.4. The van der Waals surface area contributed by atoms with Crippen molar-refractivity contribution < 1.29 is 4.39 Å². The van der Waals surface area contributed by atoms with Crippen LogP contribution in [0.5, 0.6) is 0 Å². The molecule has 1 aromatic carbocycles. The van der Waals surface area contributed by atoms with Crippen molar-refractivity contribution in [1.82, 2.24) is 10.2 Å². The summed E-state index contributed by atoms with van der Waals surface area (Å²) in [6, 6.07) is 5.34. The Morgan fingerprint density at radius 3 is 2.95 bits per heavy atom. The van der Waals surface area contributed by atoms with E-state index in [1.807, 2.05) is 12.1 Å². The molecule has 0 aromatic heterocycles. The molecule has 1 aliphatic heterocycles. The van der Waals surface area contributed by atoms with Gasteiger partial charge in [0.05, 0.1) is 4.47 Å². The number of nitrogens with zero attached hydrogens (tertiary/aromatic N) is 1. The van der Waals surface area contributed by atoms with E-state index in [1.54, 1.807) is 6.07 Å². The predicted octanol–water partition coefficient (Wildman–Crippen LogP) is 3.80. The number of hydrogen-bond donors (Lipinski definition) is 1. The summed E-state index contributed by atoms with van der Waals surface area (Å²) in [5.74, 6) is 0.562. The first-order chi connectivity index (χ1) is 9.69. The molecular weight excluding hydrogens is 319 g/mol. The third kappa shape index (κ3) is 4.83. The highest BCUT2D eigenvalue weighted by Gasteiger charge is 2.17. The van der Waals surface area contributed by atoms with Crippen LogP contribution in [-0.2, 0) is 6.54 Å². The van der Waals surface area contributed by atoms with Crippen LogP contribution < -0.4 is 5.32 Å². The van der Waals surface area contributed by atoms with Crippen LogP contribution >= 0.6 is 15.9 Å². The Kier molecular flexibility index (Phi) is 6.46. The standard InChI is InChI=1S/C16H24BrFN2/c1-2-8-20(12-14-4-3-7-19-10-14)11-13-5-6-16(18)15(17)9-13/h5-6,9,14,19H,2-4,7-8,10-12H2,1H3. The minimum atomic E-state index is -0.188. The summed E-state index contributed by atoms with van der Waals surface area (Å²) in [7, 11) is 0. The molecule has 1 N–H and O–H groups in total. The smallest absolute Gasteiger partial charge is 0.137 e. The number of halogens is 2. The second-order valence-electron chi connectivity index (χ2n) is 5.70. The van der Waals surface area contributed by atoms with E-state index in [1.165, 1.54) is 18.4 Å². The molecule has 1 fully saturated rings. The van der Waals surface area contributed by atoms with Crippen LogP contribution in [0.25, 0.3) is 0 Å². The maximum atomic E-state index is 13.3. The molecular formula is C16H24BrFN2. The maximum Gasteiger partial charge on any atom is 0.137 e. The van der Waals surface area contributed by atoms with E-state index in [9.17, 15) is 4.39 Å². The molecule has 1 aromatic rings. The molecule has 0 aliphatic carbocycles. The van der Waals surface area contributed by atoms with Crippen LogP contribution in [0, 0.1) is 11.7 Å². The molecule has 1 aliphatic rings. The fraction of sp³-hybridized carbons (Fsp3) is 0.625. The van der Waals surface area contributed by atoms with Gasteiger partial charge in [-0.3, -0.25) is 4.90 Å². The zero-order valence-corrected chi connectivity index (χ0v) is 13.8. The fourth-order valence-corrected chi connectivity index (χ4v) is 3.32. The van der Waals surface area contributed by atoms with Gasteiger partial charge in [-0.25, -0.2) is 4.39 Å². The van der Waals surface area contributed by atoms with Crippen molar-refractivity contribution >= 4 is 15.9 Å². The van der Waals surface area contributed by atoms with Gasteiger partial charge in [-0.15, -0.1) is 0 Å². The highest BCUT2D eigenvalue weighted by molar-refractivity contribution is 9.10. The lowest BCUT2D eigenvalue weighted by Gasteiger charge is -2.30. The Hall–Kier alpha value is -0.450. The molecule has 20 heavy (non-hydrogen) atoms. The number of piperidine rings is 1. The van der Waals surface area contributed by atoms with Crippen molar-refractivity contribution in [3.8, 4) is 0 Å². The molecule has 2 nitrogen and oxygen atoms in total. The van der Waals surface area contributed by atoms with Gasteiger partial charge in [0.25, 0.3) is 0 Å². The lowest BCUT2D eigenvalue weighted by molar-refractivity contribution is 0.201. The molecule has 0 radical (unpaired) electrons. The van der Waals surface area contributed by atoms with Crippen LogP contribution in [0.3, 0.4) is 0 Å². The Labute approximate surface area is 129 Å². The van der Waals surface area contributed by atoms with Gasteiger partial charge < -0.3 is 5.32 Å². The first-order valence-corrected chi connectivity index (χ1v) is 8.35. The highest BCUT2D eigenvalue weighted by Crippen LogP contribution is 2.19. The van der Waals surface area contributed by atoms with Crippen molar-refractivity contribution in [3.63, 3.8) is 0 Å². The lowest BCUT2D eigenvalue weighted by Crippen LogP contribution is -2.38. The normalized spacial score (nSPS) is 19.5. The Bertz CT molecular complexity index is 419. The summed E-state index contributed by atoms with van der Waals surface area (Å²) in [6.07, 6.45) is 3.76. The van der Waals surface area contributed by atoms with Gasteiger partial charge in [-0.1, -0.05) is 13.0 Å². The van der Waals surface area contributed by atoms with Crippen LogP contribution in [0.15, 0.2) is 22.7 Å². The SMILES string of the molecule is CCCN(Cc1ccc(F)c(Br)c1)CC1CCCNC1. The van der Waals surface area contributed by atoms with Gasteiger partial charge in [-0.05, 0) is 78.4 Å². The number of rotatable bonds is 6. The van der Waals surface area contributed by atoms with E-state index >= 15 is 0 Å². The van der Waals surface area contributed by atoms with Gasteiger partial charge in [0.2, 0.25) is 0 Å². The van der Waals surface area contributed by atoms with Crippen molar-refractivity contribution in [2.24, 2.45) is 5.92 Å². The third-order valence-corrected chi connectivity index (χ3v) is 4.45. The van der Waals surface area contributed by atoms with E-state index in [2.05, 4.69) is 33.1 Å². The van der Waals surface area contributed by atoms with E-state index < -0.39 is 0 Å². The Morgan fingerprint density at radius 1 is 1.45 bits per heavy atom. The molecule has 112 valence electrons. The van der Waals surface area contributed by atoms with Crippen LogP contribution in [0.1, 0.15) is 31.7 Å². The van der Waals surface area contributed by atoms with Gasteiger partial charge in [0.1, 0.15) is 5.82 Å². The van der Waals surface area contributed by atoms with Gasteiger partial charge in [-0.2, -0.15) is 0 Å². The average Bonchev–Trinajstić information content (AvgIpc) is 2.44. The molecule has 1 unspecified atom stereocenters. The van der Waals surface area contributed by atoms with Gasteiger partial charge in [0.15, 0.2) is 0 Å². The molecule has 0 bridgehead atoms. The number of hydrogen-bond acceptors (Lipinski definition) is 2. The van der Waals surface area contributed by atoms with Crippen LogP contribution in [0.2, 0.25) is 0 Å². The fourth-order valence-electron chi connectivity index (χ4n) is 2.89. The Morgan fingerprint density at radius 2 is 2.30 bits per heavy atom. The molecule has 4 heteroatoms. The van der Waals surface area contributed by atoms with E-state index in [-0.39, 0.29) is 5.82 Å². The second-order valence-corrected chi connectivity index (χ2v) is 6.55. The monoisotopic (exact) mass is 342 g/mol. The third-order valence-electron chi connectivity index (χ3n) is 3.85. The van der Waals surface area contributed by atoms with Crippen LogP contribution in [0.4, 0.5) is 4.39 Å². The van der Waals surface area contributed by atoms with Crippen LogP contribution in [-0.4, -0.2) is 31.1 Å². The molecule has 1 heterocycles. The minimum absolute atomic E-state index is 0.188. The number of nitrogens with one attached hydrogen (secondary N) is 1. The van der Waals surface area contributed by atoms with Crippen molar-refractivity contribution in [2.45, 2.75) is 32.7 Å². The minimum Gasteiger partial charge on any atom is -0.316 e. The predicted molar refractivity (Wildman–Crippen MR) is 85.3 cm³/mol. The Balaban J connectivity index is 1.94. The first-order valence-electron chi connectivity index (χ1n) is 7.56. The van der Waals surface area contributed by atoms with Crippen molar-refractivity contribution in [1.29, 1.82) is 0 Å². The summed E-state index contributed by atoms with van der Waals surface area (Å²) < 4.78 is 13.8. The molecule has 0 amide bonds. The number of benzene rings is 1. The second kappa shape index (κ2) is 8.11.